The maximum Gasteiger partial charge on any atom is 0.342 e. The number of esters is 1. The summed E-state index contributed by atoms with van der Waals surface area (Å²) in [6.07, 6.45) is 3.05. The summed E-state index contributed by atoms with van der Waals surface area (Å²) in [6.45, 7) is 1.89. The second-order valence-electron chi connectivity index (χ2n) is 5.63. The minimum absolute atomic E-state index is 0.0430. The van der Waals surface area contributed by atoms with Crippen molar-refractivity contribution in [2.75, 3.05) is 18.6 Å². The Morgan fingerprint density at radius 2 is 1.77 bits per heavy atom. The summed E-state index contributed by atoms with van der Waals surface area (Å²) in [4.78, 5) is 26.8. The van der Waals surface area contributed by atoms with Gasteiger partial charge in [-0.25, -0.2) is 4.79 Å². The Bertz CT molecular complexity index is 884. The Hall–Kier alpha value is -3.34. The third-order valence-electron chi connectivity index (χ3n) is 3.94. The lowest BCUT2D eigenvalue weighted by Gasteiger charge is -2.10. The van der Waals surface area contributed by atoms with Crippen LogP contribution in [0.2, 0.25) is 0 Å². The molecule has 3 rings (SSSR count). The lowest BCUT2D eigenvalue weighted by Crippen LogP contribution is -2.17. The number of rotatable bonds is 5. The molecule has 1 heterocycles. The molecule has 0 saturated heterocycles. The van der Waals surface area contributed by atoms with E-state index in [1.54, 1.807) is 37.3 Å². The van der Waals surface area contributed by atoms with E-state index in [0.717, 1.165) is 11.4 Å². The Morgan fingerprint density at radius 3 is 2.46 bits per heavy atom. The van der Waals surface area contributed by atoms with Crippen molar-refractivity contribution in [2.24, 2.45) is 0 Å². The minimum atomic E-state index is -0.656. The normalized spacial score (nSPS) is 14.8. The van der Waals surface area contributed by atoms with Crippen LogP contribution in [-0.2, 0) is 9.53 Å². The van der Waals surface area contributed by atoms with E-state index in [4.69, 9.17) is 9.47 Å². The van der Waals surface area contributed by atoms with Gasteiger partial charge in [0.05, 0.1) is 12.3 Å². The number of para-hydroxylation sites is 2. The molecule has 0 radical (unpaired) electrons. The number of benzene rings is 2. The predicted molar refractivity (Wildman–Crippen MR) is 99.0 cm³/mol. The average Bonchev–Trinajstić information content (AvgIpc) is 2.99. The van der Waals surface area contributed by atoms with E-state index in [9.17, 15) is 9.59 Å². The van der Waals surface area contributed by atoms with E-state index in [1.165, 1.54) is 6.08 Å². The third kappa shape index (κ3) is 3.52. The maximum atomic E-state index is 12.7. The fourth-order valence-corrected chi connectivity index (χ4v) is 2.61. The standard InChI is InChI=1S/C21H19NO4/c1-3-25-21(24)16(20(23)15-9-5-4-6-10-15)13-14-19-22(2)17-11-7-8-12-18(17)26-19/h4-14H,3H2,1-2H3/b16-13+,19-14-. The van der Waals surface area contributed by atoms with Crippen molar-refractivity contribution in [3.8, 4) is 5.75 Å². The number of ketones is 1. The largest absolute Gasteiger partial charge is 0.462 e. The highest BCUT2D eigenvalue weighted by Gasteiger charge is 2.24. The van der Waals surface area contributed by atoms with Crippen LogP contribution >= 0.6 is 0 Å². The SMILES string of the molecule is CCOC(=O)/C(=C/C=C1\Oc2ccccc2N1C)C(=O)c1ccccc1. The quantitative estimate of drug-likeness (QED) is 0.271. The molecule has 0 spiro atoms. The van der Waals surface area contributed by atoms with E-state index in [2.05, 4.69) is 0 Å². The van der Waals surface area contributed by atoms with Crippen LogP contribution in [0.5, 0.6) is 5.75 Å². The summed E-state index contributed by atoms with van der Waals surface area (Å²) < 4.78 is 10.8. The van der Waals surface area contributed by atoms with E-state index >= 15 is 0 Å². The number of hydrogen-bond acceptors (Lipinski definition) is 5. The molecule has 1 aliphatic rings. The van der Waals surface area contributed by atoms with Gasteiger partial charge in [-0.05, 0) is 31.2 Å². The van der Waals surface area contributed by atoms with Crippen molar-refractivity contribution in [1.82, 2.24) is 0 Å². The average molecular weight is 349 g/mol. The van der Waals surface area contributed by atoms with E-state index in [1.807, 2.05) is 42.3 Å². The second-order valence-corrected chi connectivity index (χ2v) is 5.63. The van der Waals surface area contributed by atoms with Crippen LogP contribution in [0.1, 0.15) is 17.3 Å². The molecule has 5 nitrogen and oxygen atoms in total. The van der Waals surface area contributed by atoms with Crippen LogP contribution in [0, 0.1) is 0 Å². The number of fused-ring (bicyclic) bond motifs is 1. The fraction of sp³-hybridized carbons (Fsp3) is 0.143. The van der Waals surface area contributed by atoms with Crippen molar-refractivity contribution in [3.05, 3.63) is 83.8 Å². The summed E-state index contributed by atoms with van der Waals surface area (Å²) in [5.41, 5.74) is 1.30. The molecule has 5 heteroatoms. The topological polar surface area (TPSA) is 55.8 Å². The number of carbonyl (C=O) groups excluding carboxylic acids is 2. The van der Waals surface area contributed by atoms with Gasteiger partial charge in [-0.15, -0.1) is 0 Å². The summed E-state index contributed by atoms with van der Waals surface area (Å²) in [5, 5.41) is 0. The van der Waals surface area contributed by atoms with Gasteiger partial charge in [0.15, 0.2) is 17.4 Å². The highest BCUT2D eigenvalue weighted by Crippen LogP contribution is 2.37. The van der Waals surface area contributed by atoms with Crippen LogP contribution in [-0.4, -0.2) is 25.4 Å². The molecule has 0 saturated carbocycles. The molecule has 2 aromatic rings. The van der Waals surface area contributed by atoms with Crippen molar-refractivity contribution in [3.63, 3.8) is 0 Å². The lowest BCUT2D eigenvalue weighted by molar-refractivity contribution is -0.138. The van der Waals surface area contributed by atoms with Crippen LogP contribution in [0.25, 0.3) is 0 Å². The number of nitrogens with zero attached hydrogens (tertiary/aromatic N) is 1. The highest BCUT2D eigenvalue weighted by molar-refractivity contribution is 6.24. The van der Waals surface area contributed by atoms with E-state index in [0.29, 0.717) is 11.4 Å². The molecule has 132 valence electrons. The van der Waals surface area contributed by atoms with Gasteiger partial charge < -0.3 is 14.4 Å². The summed E-state index contributed by atoms with van der Waals surface area (Å²) >= 11 is 0. The molecule has 0 fully saturated rings. The van der Waals surface area contributed by atoms with Crippen LogP contribution < -0.4 is 9.64 Å². The van der Waals surface area contributed by atoms with Crippen LogP contribution in [0.15, 0.2) is 78.2 Å². The van der Waals surface area contributed by atoms with Crippen molar-refractivity contribution in [2.45, 2.75) is 6.92 Å². The second kappa shape index (κ2) is 7.70. The van der Waals surface area contributed by atoms with Gasteiger partial charge in [0.1, 0.15) is 5.57 Å². The molecule has 0 unspecified atom stereocenters. The Morgan fingerprint density at radius 1 is 1.08 bits per heavy atom. The van der Waals surface area contributed by atoms with E-state index < -0.39 is 5.97 Å². The monoisotopic (exact) mass is 349 g/mol. The first-order valence-electron chi connectivity index (χ1n) is 8.31. The number of anilines is 1. The van der Waals surface area contributed by atoms with Gasteiger partial charge in [0.25, 0.3) is 0 Å². The smallest absolute Gasteiger partial charge is 0.342 e. The first-order chi connectivity index (χ1) is 12.6. The van der Waals surface area contributed by atoms with E-state index in [-0.39, 0.29) is 18.0 Å². The molecule has 0 amide bonds. The van der Waals surface area contributed by atoms with Crippen LogP contribution in [0.4, 0.5) is 5.69 Å². The molecule has 0 aromatic heterocycles. The Kier molecular flexibility index (Phi) is 5.17. The predicted octanol–water partition coefficient (Wildman–Crippen LogP) is 3.73. The summed E-state index contributed by atoms with van der Waals surface area (Å²) in [6, 6.07) is 16.2. The number of Topliss-reactive ketones (excluding diaryl/α,β-unsaturated/α-hetero) is 1. The van der Waals surface area contributed by atoms with Crippen molar-refractivity contribution >= 4 is 17.4 Å². The molecule has 0 N–H and O–H groups in total. The lowest BCUT2D eigenvalue weighted by atomic mass is 10.0. The third-order valence-corrected chi connectivity index (χ3v) is 3.94. The zero-order valence-corrected chi connectivity index (χ0v) is 14.6. The maximum absolute atomic E-state index is 12.7. The number of hydrogen-bond donors (Lipinski definition) is 0. The minimum Gasteiger partial charge on any atom is -0.462 e. The molecule has 1 aliphatic heterocycles. The first-order valence-corrected chi connectivity index (χ1v) is 8.31. The van der Waals surface area contributed by atoms with Crippen molar-refractivity contribution in [1.29, 1.82) is 0 Å². The molecule has 0 aliphatic carbocycles. The molecular weight excluding hydrogens is 330 g/mol. The number of ether oxygens (including phenoxy) is 2. The fourth-order valence-electron chi connectivity index (χ4n) is 2.61. The van der Waals surface area contributed by atoms with Gasteiger partial charge in [0.2, 0.25) is 0 Å². The number of allylic oxidation sites excluding steroid dienone is 2. The highest BCUT2D eigenvalue weighted by atomic mass is 16.5. The van der Waals surface area contributed by atoms with Gasteiger partial charge in [-0.1, -0.05) is 42.5 Å². The van der Waals surface area contributed by atoms with Gasteiger partial charge in [-0.2, -0.15) is 0 Å². The molecule has 2 aromatic carbocycles. The molecular formula is C21H19NO4. The molecule has 0 bridgehead atoms. The zero-order chi connectivity index (χ0) is 18.5. The molecule has 26 heavy (non-hydrogen) atoms. The van der Waals surface area contributed by atoms with Crippen LogP contribution in [0.3, 0.4) is 0 Å². The first kappa shape index (κ1) is 17.5. The molecule has 0 atom stereocenters. The Labute approximate surface area is 152 Å². The Balaban J connectivity index is 1.93. The van der Waals surface area contributed by atoms with Gasteiger partial charge in [-0.3, -0.25) is 4.79 Å². The van der Waals surface area contributed by atoms with Gasteiger partial charge >= 0.3 is 5.97 Å². The van der Waals surface area contributed by atoms with Crippen molar-refractivity contribution < 1.29 is 19.1 Å². The number of carbonyl (C=O) groups is 2. The zero-order valence-electron chi connectivity index (χ0n) is 14.6. The van der Waals surface area contributed by atoms with Gasteiger partial charge in [0, 0.05) is 12.6 Å². The summed E-state index contributed by atoms with van der Waals surface area (Å²) in [5.74, 6) is 0.200. The summed E-state index contributed by atoms with van der Waals surface area (Å²) in [7, 11) is 1.86.